The van der Waals surface area contributed by atoms with Gasteiger partial charge in [-0.15, -0.1) is 0 Å². The van der Waals surface area contributed by atoms with Gasteiger partial charge in [0.05, 0.1) is 21.2 Å². The third-order valence-electron chi connectivity index (χ3n) is 15.4. The second-order valence-corrected chi connectivity index (χ2v) is 32.5. The first-order valence-electron chi connectivity index (χ1n) is 29.9. The predicted octanol–water partition coefficient (Wildman–Crippen LogP) is 14.7. The SMILES string of the molecule is O=P(c1ccccc1)(c1ccccc1)c1ccccc1Oc1ccccc1P(=O)(c1ccccc1)c1ccccc1.O=P(c1ccccc1)(c1ccccc1)c1ccccc1Oc1ccccc1P(=O)(c1ccccc1)c1ccccc1.OC(CC(O)C(F)(F)F)C(F)(F)F.[Sm]. The quantitative estimate of drug-likeness (QED) is 0.0642. The molecule has 19 heteroatoms. The summed E-state index contributed by atoms with van der Waals surface area (Å²) in [4.78, 5) is 0. The number of aliphatic hydroxyl groups excluding tert-OH is 2. The van der Waals surface area contributed by atoms with E-state index in [0.29, 0.717) is 44.2 Å². The van der Waals surface area contributed by atoms with Crippen molar-refractivity contribution in [1.82, 2.24) is 0 Å². The van der Waals surface area contributed by atoms with E-state index < -0.39 is 59.5 Å². The normalized spacial score (nSPS) is 12.4. The van der Waals surface area contributed by atoms with Crippen LogP contribution in [0.2, 0.25) is 0 Å². The molecule has 0 radical (unpaired) electrons. The number of para-hydroxylation sites is 4. The molecule has 0 bridgehead atoms. The van der Waals surface area contributed by atoms with E-state index in [4.69, 9.17) is 19.7 Å². The first kappa shape index (κ1) is 72.3. The van der Waals surface area contributed by atoms with E-state index in [-0.39, 0.29) is 40.4 Å². The van der Waals surface area contributed by atoms with Crippen molar-refractivity contribution < 1.29 is 105 Å². The summed E-state index contributed by atoms with van der Waals surface area (Å²) in [5, 5.41) is 24.3. The van der Waals surface area contributed by atoms with Crippen LogP contribution in [0.3, 0.4) is 0 Å². The van der Waals surface area contributed by atoms with Crippen molar-refractivity contribution in [3.8, 4) is 23.0 Å². The van der Waals surface area contributed by atoms with E-state index in [1.165, 1.54) is 0 Å². The maximum absolute atomic E-state index is 15.2. The fourth-order valence-corrected chi connectivity index (χ4v) is 21.8. The third kappa shape index (κ3) is 16.2. The number of halogens is 6. The summed E-state index contributed by atoms with van der Waals surface area (Å²) in [6, 6.07) is 106. The Morgan fingerprint density at radius 2 is 0.385 bits per heavy atom. The molecule has 12 aromatic rings. The summed E-state index contributed by atoms with van der Waals surface area (Å²) in [5.41, 5.74) is 0. The number of rotatable bonds is 18. The van der Waals surface area contributed by atoms with Crippen LogP contribution in [0.25, 0.3) is 0 Å². The topological polar surface area (TPSA) is 127 Å². The van der Waals surface area contributed by atoms with Crippen molar-refractivity contribution >= 4 is 92.2 Å². The average Bonchev–Trinajstić information content (AvgIpc) is 0.769. The Morgan fingerprint density at radius 1 is 0.250 bits per heavy atom. The van der Waals surface area contributed by atoms with Crippen LogP contribution in [0, 0.1) is 40.4 Å². The number of alkyl halides is 6. The number of hydrogen-bond acceptors (Lipinski definition) is 8. The molecule has 0 aliphatic carbocycles. The van der Waals surface area contributed by atoms with E-state index in [0.717, 1.165) is 42.4 Å². The molecule has 2 unspecified atom stereocenters. The minimum atomic E-state index is -5.15. The fraction of sp³-hybridized carbons (Fsp3) is 0.0649. The van der Waals surface area contributed by atoms with Crippen molar-refractivity contribution in [3.05, 3.63) is 340 Å². The summed E-state index contributed by atoms with van der Waals surface area (Å²) >= 11 is 0. The number of ether oxygens (including phenoxy) is 2. The monoisotopic (exact) mass is 1500 g/mol. The van der Waals surface area contributed by atoms with Gasteiger partial charge in [-0.2, -0.15) is 26.3 Å². The maximum Gasteiger partial charge on any atom is 0.414 e. The molecule has 0 heterocycles. The Bertz CT molecular complexity index is 3920. The largest absolute Gasteiger partial charge is 0.456 e. The van der Waals surface area contributed by atoms with Crippen LogP contribution in [-0.4, -0.2) is 34.8 Å². The first-order valence-corrected chi connectivity index (χ1v) is 36.7. The first-order chi connectivity index (χ1) is 45.8. The number of aliphatic hydroxyl groups is 2. The van der Waals surface area contributed by atoms with Gasteiger partial charge >= 0.3 is 12.4 Å². The van der Waals surface area contributed by atoms with Crippen LogP contribution in [0.4, 0.5) is 26.3 Å². The Hall–Kier alpha value is -8.00. The van der Waals surface area contributed by atoms with Crippen LogP contribution in [0.15, 0.2) is 340 Å². The molecule has 0 aliphatic heterocycles. The standard InChI is InChI=1S/2C36H28O3P2.C5H6F6O2.Sm/c2*37-40(29-17-5-1-6-18-29,30-19-7-2-8-20-30)35-27-15-13-25-33(35)39-34-26-14-16-28-36(34)41(38,31-21-9-3-10-22-31)32-23-11-4-12-24-32;6-4(7,8)2(12)1-3(13)5(9,10)11;/h2*1-28H;2-3,12-13H,1H2;. The molecule has 12 rings (SSSR count). The van der Waals surface area contributed by atoms with Gasteiger partial charge in [0.1, 0.15) is 23.0 Å². The average molecular weight is 1500 g/mol. The smallest absolute Gasteiger partial charge is 0.414 e. The molecule has 8 nitrogen and oxygen atoms in total. The Morgan fingerprint density at radius 3 is 0.531 bits per heavy atom. The van der Waals surface area contributed by atoms with Gasteiger partial charge in [-0.1, -0.05) is 291 Å². The van der Waals surface area contributed by atoms with Crippen molar-refractivity contribution in [3.63, 3.8) is 0 Å². The van der Waals surface area contributed by atoms with Crippen LogP contribution in [-0.2, 0) is 18.3 Å². The molecule has 12 aromatic carbocycles. The Kier molecular flexibility index (Phi) is 24.4. The number of hydrogen-bond donors (Lipinski definition) is 2. The van der Waals surface area contributed by atoms with E-state index in [1.807, 2.05) is 340 Å². The predicted molar refractivity (Wildman–Crippen MR) is 372 cm³/mol. The summed E-state index contributed by atoms with van der Waals surface area (Å²) in [6.45, 7) is 0. The van der Waals surface area contributed by atoms with Crippen LogP contribution in [0.1, 0.15) is 6.42 Å². The summed E-state index contributed by atoms with van der Waals surface area (Å²) in [6.07, 6.45) is -18.4. The summed E-state index contributed by atoms with van der Waals surface area (Å²) < 4.78 is 143. The molecular weight excluding hydrogens is 1440 g/mol. The molecule has 0 fully saturated rings. The van der Waals surface area contributed by atoms with Crippen molar-refractivity contribution in [2.24, 2.45) is 0 Å². The maximum atomic E-state index is 15.2. The van der Waals surface area contributed by atoms with Gasteiger partial charge in [0.15, 0.2) is 40.8 Å². The third-order valence-corrected chi connectivity index (χ3v) is 27.8. The van der Waals surface area contributed by atoms with E-state index in [1.54, 1.807) is 0 Å². The van der Waals surface area contributed by atoms with Gasteiger partial charge in [0.2, 0.25) is 0 Å². The van der Waals surface area contributed by atoms with Gasteiger partial charge in [0.25, 0.3) is 0 Å². The summed E-state index contributed by atoms with van der Waals surface area (Å²) in [5.74, 6) is 1.85. The zero-order valence-electron chi connectivity index (χ0n) is 51.0. The van der Waals surface area contributed by atoms with Crippen molar-refractivity contribution in [1.29, 1.82) is 0 Å². The molecule has 0 saturated heterocycles. The molecule has 2 atom stereocenters. The fourth-order valence-electron chi connectivity index (χ4n) is 10.7. The van der Waals surface area contributed by atoms with E-state index in [9.17, 15) is 26.3 Å². The van der Waals surface area contributed by atoms with Gasteiger partial charge in [-0.3, -0.25) is 0 Å². The number of benzene rings is 12. The van der Waals surface area contributed by atoms with E-state index >= 15 is 18.3 Å². The molecule has 0 saturated carbocycles. The zero-order valence-corrected chi connectivity index (χ0v) is 57.2. The zero-order chi connectivity index (χ0) is 67.1. The molecule has 486 valence electrons. The van der Waals surface area contributed by atoms with Crippen LogP contribution in [0.5, 0.6) is 23.0 Å². The molecule has 0 spiro atoms. The van der Waals surface area contributed by atoms with Crippen LogP contribution < -0.4 is 73.1 Å². The molecular formula is C77H62F6O8P4Sm. The second kappa shape index (κ2) is 32.4. The van der Waals surface area contributed by atoms with E-state index in [2.05, 4.69) is 0 Å². The molecule has 96 heavy (non-hydrogen) atoms. The Labute approximate surface area is 585 Å². The van der Waals surface area contributed by atoms with Crippen LogP contribution >= 0.6 is 28.6 Å². The van der Waals surface area contributed by atoms with Gasteiger partial charge in [-0.25, -0.2) is 0 Å². The second-order valence-electron chi connectivity index (χ2n) is 21.5. The van der Waals surface area contributed by atoms with Gasteiger partial charge in [-0.05, 0) is 48.5 Å². The molecule has 0 amide bonds. The molecule has 2 N–H and O–H groups in total. The minimum Gasteiger partial charge on any atom is -0.456 e. The molecule has 0 aliphatic rings. The Balaban J connectivity index is 0.000000189. The minimum absolute atomic E-state index is 0. The van der Waals surface area contributed by atoms with Gasteiger partial charge in [0, 0.05) is 89.2 Å². The summed E-state index contributed by atoms with van der Waals surface area (Å²) in [7, 11) is -13.3. The molecule has 0 aromatic heterocycles. The van der Waals surface area contributed by atoms with Crippen molar-refractivity contribution in [2.75, 3.05) is 0 Å². The van der Waals surface area contributed by atoms with Crippen molar-refractivity contribution in [2.45, 2.75) is 31.0 Å². The van der Waals surface area contributed by atoms with Gasteiger partial charge < -0.3 is 37.9 Å².